The second kappa shape index (κ2) is 15.7. The monoisotopic (exact) mass is 668 g/mol. The number of carboxylic acids is 2. The molecule has 1 aliphatic rings. The molecule has 0 atom stereocenters. The highest BCUT2D eigenvalue weighted by Gasteiger charge is 2.41. The number of hydrogen-bond acceptors (Lipinski definition) is 5. The average Bonchev–Trinajstić information content (AvgIpc) is 3.43. The number of piperidine rings is 1. The molecule has 0 amide bonds. The molecule has 8 nitrogen and oxygen atoms in total. The summed E-state index contributed by atoms with van der Waals surface area (Å²) in [6.45, 7) is 3.07. The van der Waals surface area contributed by atoms with E-state index >= 15 is 0 Å². The number of nitrogens with zero attached hydrogens (tertiary/aromatic N) is 4. The van der Waals surface area contributed by atoms with Gasteiger partial charge in [-0.1, -0.05) is 36.4 Å². The zero-order valence-electron chi connectivity index (χ0n) is 25.0. The van der Waals surface area contributed by atoms with E-state index in [1.165, 1.54) is 17.7 Å². The summed E-state index contributed by atoms with van der Waals surface area (Å²) in [5.74, 6) is -5.74. The Kier molecular flexibility index (Phi) is 12.2. The molecule has 252 valence electrons. The molecular formula is C32H31F7N4O4. The minimum Gasteiger partial charge on any atom is -0.475 e. The second-order valence-electron chi connectivity index (χ2n) is 10.5. The first-order valence-electron chi connectivity index (χ1n) is 14.1. The molecule has 0 radical (unpaired) electrons. The Hall–Kier alpha value is -4.79. The van der Waals surface area contributed by atoms with Gasteiger partial charge in [-0.3, -0.25) is 9.67 Å². The lowest BCUT2D eigenvalue weighted by molar-refractivity contribution is -0.193. The Morgan fingerprint density at radius 2 is 1.34 bits per heavy atom. The number of hydrogen-bond donors (Lipinski definition) is 2. The number of aliphatic carboxylic acids is 2. The van der Waals surface area contributed by atoms with Crippen LogP contribution in [0.5, 0.6) is 0 Å². The molecule has 4 aromatic rings. The van der Waals surface area contributed by atoms with Crippen LogP contribution in [0.2, 0.25) is 0 Å². The van der Waals surface area contributed by atoms with Gasteiger partial charge in [-0.05, 0) is 85.9 Å². The smallest absolute Gasteiger partial charge is 0.475 e. The third-order valence-corrected chi connectivity index (χ3v) is 7.42. The fourth-order valence-corrected chi connectivity index (χ4v) is 4.97. The topological polar surface area (TPSA) is 109 Å². The van der Waals surface area contributed by atoms with Crippen molar-refractivity contribution in [2.75, 3.05) is 19.6 Å². The van der Waals surface area contributed by atoms with Crippen molar-refractivity contribution < 1.29 is 50.5 Å². The number of carbonyl (C=O) groups is 2. The van der Waals surface area contributed by atoms with Gasteiger partial charge in [-0.25, -0.2) is 14.0 Å². The van der Waals surface area contributed by atoms with Crippen LogP contribution in [-0.2, 0) is 28.5 Å². The number of pyridine rings is 1. The van der Waals surface area contributed by atoms with Crippen molar-refractivity contribution in [2.45, 2.75) is 37.0 Å². The Morgan fingerprint density at radius 3 is 1.83 bits per heavy atom. The molecule has 0 saturated carbocycles. The summed E-state index contributed by atoms with van der Waals surface area (Å²) in [7, 11) is 1.96. The quantitative estimate of drug-likeness (QED) is 0.226. The zero-order chi connectivity index (χ0) is 34.8. The first kappa shape index (κ1) is 36.7. The first-order chi connectivity index (χ1) is 22.0. The molecule has 1 aliphatic heterocycles. The molecule has 47 heavy (non-hydrogen) atoms. The molecule has 0 spiro atoms. The molecule has 5 rings (SSSR count). The number of carboxylic acid groups (broad SMARTS) is 2. The number of alkyl halides is 6. The van der Waals surface area contributed by atoms with Crippen LogP contribution in [-0.4, -0.2) is 73.8 Å². The van der Waals surface area contributed by atoms with Gasteiger partial charge in [0.15, 0.2) is 0 Å². The van der Waals surface area contributed by atoms with Crippen molar-refractivity contribution in [3.05, 3.63) is 108 Å². The van der Waals surface area contributed by atoms with Gasteiger partial charge in [0.2, 0.25) is 0 Å². The average molecular weight is 669 g/mol. The summed E-state index contributed by atoms with van der Waals surface area (Å²) < 4.78 is 78.8. The Bertz CT molecular complexity index is 1560. The van der Waals surface area contributed by atoms with Crippen LogP contribution in [0.3, 0.4) is 0 Å². The van der Waals surface area contributed by atoms with Crippen LogP contribution in [0.25, 0.3) is 11.3 Å². The number of rotatable bonds is 6. The lowest BCUT2D eigenvalue weighted by atomic mass is 9.72. The van der Waals surface area contributed by atoms with Crippen LogP contribution >= 0.6 is 0 Å². The van der Waals surface area contributed by atoms with E-state index in [1.54, 1.807) is 0 Å². The molecule has 1 fully saturated rings. The number of likely N-dealkylation sites (tertiary alicyclic amines) is 1. The van der Waals surface area contributed by atoms with Crippen LogP contribution in [0.15, 0.2) is 85.1 Å². The van der Waals surface area contributed by atoms with E-state index in [4.69, 9.17) is 29.9 Å². The van der Waals surface area contributed by atoms with Gasteiger partial charge >= 0.3 is 24.3 Å². The summed E-state index contributed by atoms with van der Waals surface area (Å²) in [4.78, 5) is 25.1. The SMILES string of the molecule is Cn1nc(C2(c3ccccn3)CCN(CCc3ccccc3)CC2)cc1-c1ccc(F)cc1.O=C(O)C(F)(F)F.O=C(O)C(F)(F)F. The van der Waals surface area contributed by atoms with E-state index in [0.717, 1.165) is 61.5 Å². The van der Waals surface area contributed by atoms with Gasteiger partial charge in [-0.2, -0.15) is 31.4 Å². The minimum absolute atomic E-state index is 0.222. The second-order valence-corrected chi connectivity index (χ2v) is 10.5. The van der Waals surface area contributed by atoms with E-state index in [1.807, 2.05) is 36.1 Å². The molecule has 2 N–H and O–H groups in total. The van der Waals surface area contributed by atoms with Crippen LogP contribution in [0.1, 0.15) is 29.8 Å². The Labute approximate surface area is 265 Å². The molecule has 0 bridgehead atoms. The maximum Gasteiger partial charge on any atom is 0.490 e. The third-order valence-electron chi connectivity index (χ3n) is 7.42. The van der Waals surface area contributed by atoms with E-state index in [2.05, 4.69) is 53.4 Å². The Morgan fingerprint density at radius 1 is 0.809 bits per heavy atom. The normalized spacial score (nSPS) is 14.6. The summed E-state index contributed by atoms with van der Waals surface area (Å²) in [6.07, 6.45) is -5.28. The van der Waals surface area contributed by atoms with Gasteiger partial charge in [0.05, 0.1) is 22.5 Å². The fourth-order valence-electron chi connectivity index (χ4n) is 4.97. The van der Waals surface area contributed by atoms with Crippen molar-refractivity contribution in [3.63, 3.8) is 0 Å². The van der Waals surface area contributed by atoms with Crippen LogP contribution < -0.4 is 0 Å². The molecule has 0 unspecified atom stereocenters. The van der Waals surface area contributed by atoms with Gasteiger partial charge < -0.3 is 15.1 Å². The highest BCUT2D eigenvalue weighted by atomic mass is 19.4. The van der Waals surface area contributed by atoms with Gasteiger partial charge in [0.25, 0.3) is 0 Å². The third kappa shape index (κ3) is 10.4. The van der Waals surface area contributed by atoms with E-state index in [9.17, 15) is 30.7 Å². The van der Waals surface area contributed by atoms with E-state index in [0.29, 0.717) is 0 Å². The highest BCUT2D eigenvalue weighted by Crippen LogP contribution is 2.41. The van der Waals surface area contributed by atoms with Gasteiger partial charge in [0, 0.05) is 19.8 Å². The van der Waals surface area contributed by atoms with Crippen LogP contribution in [0.4, 0.5) is 30.7 Å². The number of aromatic nitrogens is 3. The maximum absolute atomic E-state index is 13.5. The minimum atomic E-state index is -5.08. The largest absolute Gasteiger partial charge is 0.490 e. The first-order valence-corrected chi connectivity index (χ1v) is 14.1. The highest BCUT2D eigenvalue weighted by molar-refractivity contribution is 5.73. The number of benzene rings is 2. The Balaban J connectivity index is 0.000000360. The summed E-state index contributed by atoms with van der Waals surface area (Å²) in [5, 5.41) is 19.2. The number of halogens is 7. The zero-order valence-corrected chi connectivity index (χ0v) is 25.0. The standard InChI is InChI=1S/C28H29FN4.2C2HF3O2/c1-32-25(23-10-12-24(29)13-11-23)21-27(31-32)28(26-9-5-6-17-30-26)15-19-33(20-16-28)18-14-22-7-3-2-4-8-22;2*3-2(4,5)1(6)7/h2-13,17,21H,14-16,18-20H2,1H3;2*(H,6,7). The molecule has 0 aliphatic carbocycles. The predicted octanol–water partition coefficient (Wildman–Crippen LogP) is 6.51. The van der Waals surface area contributed by atoms with Gasteiger partial charge in [-0.15, -0.1) is 0 Å². The predicted molar refractivity (Wildman–Crippen MR) is 157 cm³/mol. The lowest BCUT2D eigenvalue weighted by Crippen LogP contribution is -2.44. The van der Waals surface area contributed by atoms with Crippen molar-refractivity contribution in [1.82, 2.24) is 19.7 Å². The van der Waals surface area contributed by atoms with E-state index < -0.39 is 24.3 Å². The molecule has 2 aromatic carbocycles. The summed E-state index contributed by atoms with van der Waals surface area (Å²) in [5.41, 5.74) is 5.25. The molecule has 1 saturated heterocycles. The maximum atomic E-state index is 13.5. The number of aryl methyl sites for hydroxylation is 1. The molecular weight excluding hydrogens is 637 g/mol. The molecule has 2 aromatic heterocycles. The summed E-state index contributed by atoms with van der Waals surface area (Å²) in [6, 6.07) is 25.7. The summed E-state index contributed by atoms with van der Waals surface area (Å²) >= 11 is 0. The lowest BCUT2D eigenvalue weighted by Gasteiger charge is -2.40. The van der Waals surface area contributed by atoms with Crippen molar-refractivity contribution in [3.8, 4) is 11.3 Å². The van der Waals surface area contributed by atoms with Crippen molar-refractivity contribution >= 4 is 11.9 Å². The van der Waals surface area contributed by atoms with Gasteiger partial charge in [0.1, 0.15) is 5.82 Å². The molecule has 3 heterocycles. The van der Waals surface area contributed by atoms with E-state index in [-0.39, 0.29) is 11.2 Å². The van der Waals surface area contributed by atoms with Crippen molar-refractivity contribution in [1.29, 1.82) is 0 Å². The molecule has 15 heteroatoms. The van der Waals surface area contributed by atoms with Crippen molar-refractivity contribution in [2.24, 2.45) is 7.05 Å². The fraction of sp³-hybridized carbons (Fsp3) is 0.312. The van der Waals surface area contributed by atoms with Crippen LogP contribution in [0, 0.1) is 5.82 Å².